The number of carbonyl (C=O) groups excluding carboxylic acids is 1. The molecule has 1 aliphatic carbocycles. The van der Waals surface area contributed by atoms with Crippen LogP contribution in [0.3, 0.4) is 0 Å². The van der Waals surface area contributed by atoms with Crippen molar-refractivity contribution in [3.05, 3.63) is 18.5 Å². The molecule has 0 aliphatic heterocycles. The van der Waals surface area contributed by atoms with Crippen LogP contribution in [0.4, 0.5) is 0 Å². The molecular weight excluding hydrogens is 276 g/mol. The maximum Gasteiger partial charge on any atom is 0.220 e. The molecular formula is C14H25ClN4O. The highest BCUT2D eigenvalue weighted by atomic mass is 35.5. The molecule has 1 fully saturated rings. The van der Waals surface area contributed by atoms with Crippen LogP contribution in [-0.2, 0) is 11.3 Å². The Balaban J connectivity index is 0.00000200. The van der Waals surface area contributed by atoms with E-state index in [9.17, 15) is 4.79 Å². The van der Waals surface area contributed by atoms with E-state index in [1.807, 2.05) is 16.9 Å². The van der Waals surface area contributed by atoms with Gasteiger partial charge in [-0.3, -0.25) is 9.48 Å². The van der Waals surface area contributed by atoms with E-state index in [2.05, 4.69) is 10.4 Å². The molecule has 0 saturated heterocycles. The molecule has 0 unspecified atom stereocenters. The van der Waals surface area contributed by atoms with Gasteiger partial charge < -0.3 is 11.1 Å². The second-order valence-electron chi connectivity index (χ2n) is 5.56. The van der Waals surface area contributed by atoms with Crippen molar-refractivity contribution in [2.45, 2.75) is 45.1 Å². The first-order valence-electron chi connectivity index (χ1n) is 7.18. The molecule has 1 aliphatic rings. The predicted molar refractivity (Wildman–Crippen MR) is 81.7 cm³/mol. The van der Waals surface area contributed by atoms with Gasteiger partial charge in [0, 0.05) is 25.4 Å². The van der Waals surface area contributed by atoms with Crippen molar-refractivity contribution in [3.8, 4) is 0 Å². The molecule has 0 atom stereocenters. The number of nitrogens with zero attached hydrogens (tertiary/aromatic N) is 2. The quantitative estimate of drug-likeness (QED) is 0.840. The van der Waals surface area contributed by atoms with Crippen molar-refractivity contribution >= 4 is 18.3 Å². The maximum atomic E-state index is 12.0. The number of halogens is 1. The summed E-state index contributed by atoms with van der Waals surface area (Å²) in [5, 5.41) is 7.08. The fourth-order valence-electron chi connectivity index (χ4n) is 2.90. The van der Waals surface area contributed by atoms with E-state index in [1.165, 1.54) is 19.3 Å². The summed E-state index contributed by atoms with van der Waals surface area (Å²) < 4.78 is 1.82. The second kappa shape index (κ2) is 8.27. The van der Waals surface area contributed by atoms with Gasteiger partial charge in [0.1, 0.15) is 0 Å². The number of hydrogen-bond acceptors (Lipinski definition) is 3. The van der Waals surface area contributed by atoms with E-state index in [4.69, 9.17) is 5.73 Å². The fraction of sp³-hybridized carbons (Fsp3) is 0.714. The minimum absolute atomic E-state index is 0. The molecule has 1 saturated carbocycles. The van der Waals surface area contributed by atoms with Crippen LogP contribution in [0.15, 0.2) is 18.5 Å². The molecule has 1 amide bonds. The molecule has 114 valence electrons. The molecule has 5 nitrogen and oxygen atoms in total. The number of nitrogens with two attached hydrogens (primary N) is 1. The van der Waals surface area contributed by atoms with E-state index in [1.54, 1.807) is 6.20 Å². The topological polar surface area (TPSA) is 72.9 Å². The molecule has 0 spiro atoms. The van der Waals surface area contributed by atoms with Crippen LogP contribution in [0.1, 0.15) is 38.5 Å². The van der Waals surface area contributed by atoms with E-state index < -0.39 is 0 Å². The van der Waals surface area contributed by atoms with E-state index in [0.29, 0.717) is 26.1 Å². The minimum atomic E-state index is 0. The van der Waals surface area contributed by atoms with Gasteiger partial charge in [0.2, 0.25) is 5.91 Å². The minimum Gasteiger partial charge on any atom is -0.354 e. The smallest absolute Gasteiger partial charge is 0.220 e. The summed E-state index contributed by atoms with van der Waals surface area (Å²) >= 11 is 0. The van der Waals surface area contributed by atoms with Crippen LogP contribution in [0.5, 0.6) is 0 Å². The average Bonchev–Trinajstić information content (AvgIpc) is 2.93. The van der Waals surface area contributed by atoms with Crippen LogP contribution >= 0.6 is 12.4 Å². The van der Waals surface area contributed by atoms with Gasteiger partial charge in [-0.05, 0) is 30.9 Å². The van der Waals surface area contributed by atoms with E-state index in [0.717, 1.165) is 12.8 Å². The van der Waals surface area contributed by atoms with Crippen LogP contribution in [0, 0.1) is 5.41 Å². The molecule has 20 heavy (non-hydrogen) atoms. The van der Waals surface area contributed by atoms with Gasteiger partial charge in [-0.25, -0.2) is 0 Å². The molecule has 1 heterocycles. The first kappa shape index (κ1) is 17.0. The third-order valence-corrected chi connectivity index (χ3v) is 4.11. The third kappa shape index (κ3) is 4.80. The van der Waals surface area contributed by atoms with Gasteiger partial charge in [-0.1, -0.05) is 19.3 Å². The van der Waals surface area contributed by atoms with Gasteiger partial charge in [0.05, 0.1) is 6.54 Å². The van der Waals surface area contributed by atoms with Gasteiger partial charge >= 0.3 is 0 Å². The lowest BCUT2D eigenvalue weighted by atomic mass is 9.71. The Labute approximate surface area is 126 Å². The van der Waals surface area contributed by atoms with Crippen LogP contribution in [-0.4, -0.2) is 28.8 Å². The lowest BCUT2D eigenvalue weighted by Gasteiger charge is -2.35. The van der Waals surface area contributed by atoms with Crippen molar-refractivity contribution in [1.29, 1.82) is 0 Å². The summed E-state index contributed by atoms with van der Waals surface area (Å²) in [4.78, 5) is 12.0. The first-order chi connectivity index (χ1) is 9.24. The highest BCUT2D eigenvalue weighted by Crippen LogP contribution is 2.38. The summed E-state index contributed by atoms with van der Waals surface area (Å²) in [7, 11) is 0. The average molecular weight is 301 g/mol. The lowest BCUT2D eigenvalue weighted by molar-refractivity contribution is -0.123. The Hall–Kier alpha value is -1.07. The predicted octanol–water partition coefficient (Wildman–Crippen LogP) is 1.72. The molecule has 1 aromatic heterocycles. The maximum absolute atomic E-state index is 12.0. The SMILES string of the molecule is Cl.NCC1(CC(=O)NCCn2cccn2)CCCCC1. The highest BCUT2D eigenvalue weighted by molar-refractivity contribution is 5.85. The summed E-state index contributed by atoms with van der Waals surface area (Å²) in [5.74, 6) is 0.125. The van der Waals surface area contributed by atoms with Crippen LogP contribution in [0.2, 0.25) is 0 Å². The summed E-state index contributed by atoms with van der Waals surface area (Å²) in [5.41, 5.74) is 5.95. The molecule has 3 N–H and O–H groups in total. The lowest BCUT2D eigenvalue weighted by Crippen LogP contribution is -2.39. The number of hydrogen-bond donors (Lipinski definition) is 2. The van der Waals surface area contributed by atoms with Crippen molar-refractivity contribution in [1.82, 2.24) is 15.1 Å². The summed E-state index contributed by atoms with van der Waals surface area (Å²) in [6, 6.07) is 1.88. The van der Waals surface area contributed by atoms with Gasteiger partial charge in [0.15, 0.2) is 0 Å². The Morgan fingerprint density at radius 3 is 2.70 bits per heavy atom. The number of aromatic nitrogens is 2. The van der Waals surface area contributed by atoms with E-state index in [-0.39, 0.29) is 23.7 Å². The van der Waals surface area contributed by atoms with Gasteiger partial charge in [-0.2, -0.15) is 5.10 Å². The van der Waals surface area contributed by atoms with Crippen LogP contribution in [0.25, 0.3) is 0 Å². The third-order valence-electron chi connectivity index (χ3n) is 4.11. The fourth-order valence-corrected chi connectivity index (χ4v) is 2.90. The molecule has 0 radical (unpaired) electrons. The Kier molecular flexibility index (Phi) is 7.02. The zero-order valence-corrected chi connectivity index (χ0v) is 12.7. The highest BCUT2D eigenvalue weighted by Gasteiger charge is 2.32. The molecule has 6 heteroatoms. The van der Waals surface area contributed by atoms with Crippen molar-refractivity contribution in [2.24, 2.45) is 11.1 Å². The van der Waals surface area contributed by atoms with Gasteiger partial charge in [0.25, 0.3) is 0 Å². The van der Waals surface area contributed by atoms with Crippen molar-refractivity contribution in [3.63, 3.8) is 0 Å². The van der Waals surface area contributed by atoms with Crippen LogP contribution < -0.4 is 11.1 Å². The normalized spacial score (nSPS) is 17.2. The Morgan fingerprint density at radius 1 is 1.35 bits per heavy atom. The van der Waals surface area contributed by atoms with E-state index >= 15 is 0 Å². The Morgan fingerprint density at radius 2 is 2.10 bits per heavy atom. The standard InChI is InChI=1S/C14H24N4O.ClH/c15-12-14(5-2-1-3-6-14)11-13(19)16-8-10-18-9-4-7-17-18;/h4,7,9H,1-3,5-6,8,10-12,15H2,(H,16,19);1H. The monoisotopic (exact) mass is 300 g/mol. The molecule has 0 bridgehead atoms. The van der Waals surface area contributed by atoms with Gasteiger partial charge in [-0.15, -0.1) is 12.4 Å². The molecule has 2 rings (SSSR count). The largest absolute Gasteiger partial charge is 0.354 e. The zero-order chi connectivity index (χ0) is 13.6. The number of nitrogens with one attached hydrogen (secondary N) is 1. The summed E-state index contributed by atoms with van der Waals surface area (Å²) in [6.45, 7) is 1.97. The number of amides is 1. The molecule has 0 aromatic carbocycles. The zero-order valence-electron chi connectivity index (χ0n) is 11.9. The number of carbonyl (C=O) groups is 1. The Bertz CT molecular complexity index is 388. The molecule has 1 aromatic rings. The van der Waals surface area contributed by atoms with Crippen molar-refractivity contribution < 1.29 is 4.79 Å². The number of rotatable bonds is 6. The second-order valence-corrected chi connectivity index (χ2v) is 5.56. The van der Waals surface area contributed by atoms with Crippen molar-refractivity contribution in [2.75, 3.05) is 13.1 Å². The first-order valence-corrected chi connectivity index (χ1v) is 7.18. The summed E-state index contributed by atoms with van der Waals surface area (Å²) in [6.07, 6.45) is 10.1.